The van der Waals surface area contributed by atoms with Crippen molar-refractivity contribution in [3.05, 3.63) is 52.5 Å². The van der Waals surface area contributed by atoms with E-state index in [9.17, 15) is 13.2 Å². The molecule has 8 heteroatoms. The van der Waals surface area contributed by atoms with Crippen molar-refractivity contribution < 1.29 is 17.9 Å². The van der Waals surface area contributed by atoms with Crippen molar-refractivity contribution in [1.82, 2.24) is 5.32 Å². The van der Waals surface area contributed by atoms with Gasteiger partial charge in [0.05, 0.1) is 22.2 Å². The maximum Gasteiger partial charge on any atom is 0.261 e. The maximum absolute atomic E-state index is 12.6. The van der Waals surface area contributed by atoms with Gasteiger partial charge in [0.2, 0.25) is 0 Å². The molecule has 0 atom stereocenters. The number of ether oxygens (including phenoxy) is 1. The van der Waals surface area contributed by atoms with E-state index in [1.54, 1.807) is 30.3 Å². The van der Waals surface area contributed by atoms with Gasteiger partial charge in [0.15, 0.2) is 0 Å². The molecule has 1 amide bonds. The molecule has 0 bridgehead atoms. The van der Waals surface area contributed by atoms with Gasteiger partial charge in [-0.15, -0.1) is 0 Å². The molecule has 0 spiro atoms. The average molecular weight is 427 g/mol. The predicted octanol–water partition coefficient (Wildman–Crippen LogP) is 3.40. The van der Waals surface area contributed by atoms with Crippen molar-refractivity contribution in [1.29, 1.82) is 0 Å². The molecule has 0 heterocycles. The highest BCUT2D eigenvalue weighted by Crippen LogP contribution is 2.28. The minimum absolute atomic E-state index is 0.0172. The highest BCUT2D eigenvalue weighted by molar-refractivity contribution is 9.10. The molecule has 0 aliphatic heterocycles. The van der Waals surface area contributed by atoms with Crippen molar-refractivity contribution in [3.8, 4) is 5.75 Å². The van der Waals surface area contributed by atoms with Crippen LogP contribution in [0.4, 0.5) is 5.69 Å². The second-order valence-corrected chi connectivity index (χ2v) is 7.78. The standard InChI is InChI=1S/C17H19BrN2O4S/c1-3-9-19-17(21)12-5-4-6-14(10-12)25(22,23)20-13-7-8-16(24-2)15(18)11-13/h4-8,10-11,20H,3,9H2,1-2H3,(H,19,21). The number of hydrogen-bond donors (Lipinski definition) is 2. The molecule has 6 nitrogen and oxygen atoms in total. The summed E-state index contributed by atoms with van der Waals surface area (Å²) >= 11 is 3.31. The lowest BCUT2D eigenvalue weighted by Crippen LogP contribution is -2.24. The number of carbonyl (C=O) groups is 1. The molecule has 2 aromatic carbocycles. The number of rotatable bonds is 7. The molecule has 134 valence electrons. The van der Waals surface area contributed by atoms with Crippen LogP contribution in [-0.4, -0.2) is 28.0 Å². The molecule has 2 rings (SSSR count). The average Bonchev–Trinajstić information content (AvgIpc) is 2.59. The summed E-state index contributed by atoms with van der Waals surface area (Å²) in [7, 11) is -2.29. The van der Waals surface area contributed by atoms with Gasteiger partial charge < -0.3 is 10.1 Å². The monoisotopic (exact) mass is 426 g/mol. The Morgan fingerprint density at radius 2 is 1.96 bits per heavy atom. The number of hydrogen-bond acceptors (Lipinski definition) is 4. The predicted molar refractivity (Wildman–Crippen MR) is 101 cm³/mol. The minimum atomic E-state index is -3.82. The lowest BCUT2D eigenvalue weighted by molar-refractivity contribution is 0.0953. The summed E-state index contributed by atoms with van der Waals surface area (Å²) in [6.07, 6.45) is 0.803. The normalized spacial score (nSPS) is 11.0. The van der Waals surface area contributed by atoms with Crippen LogP contribution in [0.5, 0.6) is 5.75 Å². The molecular weight excluding hydrogens is 408 g/mol. The van der Waals surface area contributed by atoms with Crippen LogP contribution >= 0.6 is 15.9 Å². The van der Waals surface area contributed by atoms with E-state index in [0.717, 1.165) is 6.42 Å². The van der Waals surface area contributed by atoms with Gasteiger partial charge in [-0.1, -0.05) is 13.0 Å². The second-order valence-electron chi connectivity index (χ2n) is 5.24. The Balaban J connectivity index is 2.24. The van der Waals surface area contributed by atoms with E-state index in [4.69, 9.17) is 4.74 Å². The molecule has 0 aliphatic carbocycles. The molecule has 2 aromatic rings. The van der Waals surface area contributed by atoms with Crippen molar-refractivity contribution in [3.63, 3.8) is 0 Å². The number of halogens is 1. The molecular formula is C17H19BrN2O4S. The second kappa shape index (κ2) is 8.35. The summed E-state index contributed by atoms with van der Waals surface area (Å²) in [4.78, 5) is 12.0. The van der Waals surface area contributed by atoms with Gasteiger partial charge in [-0.3, -0.25) is 9.52 Å². The quantitative estimate of drug-likeness (QED) is 0.710. The first-order valence-corrected chi connectivity index (χ1v) is 9.89. The number of methoxy groups -OCH3 is 1. The number of carbonyl (C=O) groups excluding carboxylic acids is 1. The Hall–Kier alpha value is -2.06. The third kappa shape index (κ3) is 4.96. The van der Waals surface area contributed by atoms with Crippen molar-refractivity contribution >= 4 is 37.5 Å². The van der Waals surface area contributed by atoms with Gasteiger partial charge in [-0.05, 0) is 58.7 Å². The smallest absolute Gasteiger partial charge is 0.261 e. The molecule has 0 aliphatic rings. The summed E-state index contributed by atoms with van der Waals surface area (Å²) in [6, 6.07) is 10.8. The third-order valence-electron chi connectivity index (χ3n) is 3.35. The van der Waals surface area contributed by atoms with Crippen molar-refractivity contribution in [2.24, 2.45) is 0 Å². The lowest BCUT2D eigenvalue weighted by Gasteiger charge is -2.11. The topological polar surface area (TPSA) is 84.5 Å². The van der Waals surface area contributed by atoms with Crippen LogP contribution < -0.4 is 14.8 Å². The lowest BCUT2D eigenvalue weighted by atomic mass is 10.2. The van der Waals surface area contributed by atoms with Crippen molar-refractivity contribution in [2.45, 2.75) is 18.2 Å². The molecule has 0 aromatic heterocycles. The SMILES string of the molecule is CCCNC(=O)c1cccc(S(=O)(=O)Nc2ccc(OC)c(Br)c2)c1. The fourth-order valence-electron chi connectivity index (χ4n) is 2.09. The summed E-state index contributed by atoms with van der Waals surface area (Å²) in [5.41, 5.74) is 0.681. The maximum atomic E-state index is 12.6. The van der Waals surface area contributed by atoms with E-state index in [-0.39, 0.29) is 10.8 Å². The first-order chi connectivity index (χ1) is 11.9. The Kier molecular flexibility index (Phi) is 6.44. The molecule has 0 fully saturated rings. The number of benzene rings is 2. The van der Waals surface area contributed by atoms with Crippen LogP contribution in [0.2, 0.25) is 0 Å². The fourth-order valence-corrected chi connectivity index (χ4v) is 3.72. The van der Waals surface area contributed by atoms with Crippen LogP contribution in [0.1, 0.15) is 23.7 Å². The van der Waals surface area contributed by atoms with Gasteiger partial charge in [-0.2, -0.15) is 0 Å². The number of anilines is 1. The number of amides is 1. The molecule has 0 unspecified atom stereocenters. The Bertz CT molecular complexity index is 869. The van der Waals surface area contributed by atoms with Crippen LogP contribution in [0.15, 0.2) is 51.8 Å². The zero-order chi connectivity index (χ0) is 18.4. The highest BCUT2D eigenvalue weighted by Gasteiger charge is 2.17. The molecule has 0 saturated carbocycles. The van der Waals surface area contributed by atoms with E-state index in [1.165, 1.54) is 19.2 Å². The Morgan fingerprint density at radius 1 is 1.20 bits per heavy atom. The van der Waals surface area contributed by atoms with Gasteiger partial charge >= 0.3 is 0 Å². The van der Waals surface area contributed by atoms with Gasteiger partial charge in [0, 0.05) is 12.1 Å². The van der Waals surface area contributed by atoms with Crippen LogP contribution in [-0.2, 0) is 10.0 Å². The van der Waals surface area contributed by atoms with E-state index in [1.807, 2.05) is 6.92 Å². The van der Waals surface area contributed by atoms with E-state index in [0.29, 0.717) is 28.0 Å². The van der Waals surface area contributed by atoms with Crippen molar-refractivity contribution in [2.75, 3.05) is 18.4 Å². The first-order valence-electron chi connectivity index (χ1n) is 7.62. The number of sulfonamides is 1. The Morgan fingerprint density at radius 3 is 2.60 bits per heavy atom. The first kappa shape index (κ1) is 19.3. The van der Waals surface area contributed by atoms with E-state index >= 15 is 0 Å². The fraction of sp³-hybridized carbons (Fsp3) is 0.235. The third-order valence-corrected chi connectivity index (χ3v) is 5.34. The van der Waals surface area contributed by atoms with Gasteiger partial charge in [0.1, 0.15) is 5.75 Å². The molecule has 2 N–H and O–H groups in total. The van der Waals surface area contributed by atoms with E-state index in [2.05, 4.69) is 26.0 Å². The van der Waals surface area contributed by atoms with Crippen LogP contribution in [0.25, 0.3) is 0 Å². The zero-order valence-electron chi connectivity index (χ0n) is 13.9. The molecule has 25 heavy (non-hydrogen) atoms. The molecule has 0 saturated heterocycles. The minimum Gasteiger partial charge on any atom is -0.496 e. The number of nitrogens with one attached hydrogen (secondary N) is 2. The zero-order valence-corrected chi connectivity index (χ0v) is 16.3. The van der Waals surface area contributed by atoms with Crippen LogP contribution in [0, 0.1) is 0 Å². The van der Waals surface area contributed by atoms with Gasteiger partial charge in [0.25, 0.3) is 15.9 Å². The van der Waals surface area contributed by atoms with Crippen LogP contribution in [0.3, 0.4) is 0 Å². The summed E-state index contributed by atoms with van der Waals surface area (Å²) in [5, 5.41) is 2.72. The summed E-state index contributed by atoms with van der Waals surface area (Å²) in [5.74, 6) is 0.295. The summed E-state index contributed by atoms with van der Waals surface area (Å²) < 4.78 is 33.4. The summed E-state index contributed by atoms with van der Waals surface area (Å²) in [6.45, 7) is 2.48. The Labute approximate surface area is 155 Å². The van der Waals surface area contributed by atoms with E-state index < -0.39 is 10.0 Å². The molecule has 0 radical (unpaired) electrons. The highest BCUT2D eigenvalue weighted by atomic mass is 79.9. The largest absolute Gasteiger partial charge is 0.496 e. The van der Waals surface area contributed by atoms with Gasteiger partial charge in [-0.25, -0.2) is 8.42 Å².